The number of anilines is 1. The highest BCUT2D eigenvalue weighted by Gasteiger charge is 2.10. The standard InChI is InChI=1S/C15H14FNO2/c1-19-15(18)13-6-5-11(9-14(13)17)7-10-3-2-4-12(16)8-10/h2-6,8-9H,7,17H2,1H3. The van der Waals surface area contributed by atoms with Crippen LogP contribution in [0.4, 0.5) is 10.1 Å². The summed E-state index contributed by atoms with van der Waals surface area (Å²) in [7, 11) is 1.31. The van der Waals surface area contributed by atoms with E-state index in [-0.39, 0.29) is 5.82 Å². The molecule has 0 aromatic heterocycles. The first kappa shape index (κ1) is 13.1. The van der Waals surface area contributed by atoms with Crippen molar-refractivity contribution >= 4 is 11.7 Å². The van der Waals surface area contributed by atoms with Gasteiger partial charge in [0.2, 0.25) is 0 Å². The summed E-state index contributed by atoms with van der Waals surface area (Å²) >= 11 is 0. The first-order valence-electron chi connectivity index (χ1n) is 5.81. The van der Waals surface area contributed by atoms with E-state index in [4.69, 9.17) is 5.73 Å². The predicted octanol–water partition coefficient (Wildman–Crippen LogP) is 2.79. The summed E-state index contributed by atoms with van der Waals surface area (Å²) < 4.78 is 17.7. The largest absolute Gasteiger partial charge is 0.465 e. The van der Waals surface area contributed by atoms with Gasteiger partial charge < -0.3 is 10.5 Å². The second-order valence-electron chi connectivity index (χ2n) is 4.22. The fourth-order valence-corrected chi connectivity index (χ4v) is 1.90. The van der Waals surface area contributed by atoms with Crippen molar-refractivity contribution in [2.45, 2.75) is 6.42 Å². The van der Waals surface area contributed by atoms with Gasteiger partial charge in [0, 0.05) is 5.69 Å². The zero-order valence-electron chi connectivity index (χ0n) is 10.5. The highest BCUT2D eigenvalue weighted by molar-refractivity contribution is 5.95. The number of ether oxygens (including phenoxy) is 1. The van der Waals surface area contributed by atoms with Gasteiger partial charge in [-0.1, -0.05) is 18.2 Å². The van der Waals surface area contributed by atoms with Gasteiger partial charge in [0.1, 0.15) is 5.82 Å². The molecule has 0 spiro atoms. The molecule has 2 aromatic carbocycles. The van der Waals surface area contributed by atoms with Crippen molar-refractivity contribution in [3.05, 3.63) is 65.0 Å². The third kappa shape index (κ3) is 3.10. The van der Waals surface area contributed by atoms with E-state index < -0.39 is 5.97 Å². The minimum absolute atomic E-state index is 0.267. The number of hydrogen-bond donors (Lipinski definition) is 1. The van der Waals surface area contributed by atoms with Crippen LogP contribution in [0, 0.1) is 5.82 Å². The number of esters is 1. The first-order valence-corrected chi connectivity index (χ1v) is 5.81. The maximum Gasteiger partial charge on any atom is 0.339 e. The van der Waals surface area contributed by atoms with Gasteiger partial charge in [-0.25, -0.2) is 9.18 Å². The van der Waals surface area contributed by atoms with Gasteiger partial charge in [-0.2, -0.15) is 0 Å². The van der Waals surface area contributed by atoms with Crippen LogP contribution in [0.3, 0.4) is 0 Å². The fourth-order valence-electron chi connectivity index (χ4n) is 1.90. The molecule has 0 amide bonds. The highest BCUT2D eigenvalue weighted by Crippen LogP contribution is 2.18. The molecule has 0 aliphatic rings. The van der Waals surface area contributed by atoms with E-state index in [0.29, 0.717) is 17.7 Å². The maximum atomic E-state index is 13.1. The van der Waals surface area contributed by atoms with E-state index in [1.165, 1.54) is 19.2 Å². The van der Waals surface area contributed by atoms with Gasteiger partial charge >= 0.3 is 5.97 Å². The molecule has 19 heavy (non-hydrogen) atoms. The number of halogens is 1. The van der Waals surface area contributed by atoms with Crippen molar-refractivity contribution < 1.29 is 13.9 Å². The fraction of sp³-hybridized carbons (Fsp3) is 0.133. The van der Waals surface area contributed by atoms with Crippen LogP contribution in [0.5, 0.6) is 0 Å². The molecule has 0 radical (unpaired) electrons. The molecule has 0 aliphatic heterocycles. The minimum atomic E-state index is -0.463. The summed E-state index contributed by atoms with van der Waals surface area (Å²) in [6, 6.07) is 11.5. The molecule has 2 rings (SSSR count). The highest BCUT2D eigenvalue weighted by atomic mass is 19.1. The number of rotatable bonds is 3. The van der Waals surface area contributed by atoms with Crippen LogP contribution < -0.4 is 5.73 Å². The molecule has 0 aliphatic carbocycles. The molecule has 0 fully saturated rings. The Labute approximate surface area is 110 Å². The third-order valence-electron chi connectivity index (χ3n) is 2.82. The Morgan fingerprint density at radius 1 is 1.21 bits per heavy atom. The Morgan fingerprint density at radius 3 is 2.58 bits per heavy atom. The van der Waals surface area contributed by atoms with Crippen molar-refractivity contribution in [3.63, 3.8) is 0 Å². The molecule has 0 unspecified atom stereocenters. The number of benzene rings is 2. The number of nitrogens with two attached hydrogens (primary N) is 1. The lowest BCUT2D eigenvalue weighted by Crippen LogP contribution is -2.06. The Morgan fingerprint density at radius 2 is 1.95 bits per heavy atom. The lowest BCUT2D eigenvalue weighted by atomic mass is 10.0. The molecule has 0 bridgehead atoms. The molecular weight excluding hydrogens is 245 g/mol. The molecule has 4 heteroatoms. The Bertz CT molecular complexity index is 611. The average molecular weight is 259 g/mol. The minimum Gasteiger partial charge on any atom is -0.465 e. The molecule has 0 saturated heterocycles. The van der Waals surface area contributed by atoms with Crippen LogP contribution in [0.2, 0.25) is 0 Å². The van der Waals surface area contributed by atoms with Crippen LogP contribution >= 0.6 is 0 Å². The maximum absolute atomic E-state index is 13.1. The van der Waals surface area contributed by atoms with Gasteiger partial charge in [0.05, 0.1) is 12.7 Å². The summed E-state index contributed by atoms with van der Waals surface area (Å²) in [6.45, 7) is 0. The Hall–Kier alpha value is -2.36. The van der Waals surface area contributed by atoms with Crippen molar-refractivity contribution in [2.24, 2.45) is 0 Å². The van der Waals surface area contributed by atoms with Gasteiger partial charge in [0.25, 0.3) is 0 Å². The first-order chi connectivity index (χ1) is 9.10. The topological polar surface area (TPSA) is 52.3 Å². The van der Waals surface area contributed by atoms with Gasteiger partial charge in [-0.15, -0.1) is 0 Å². The number of nitrogen functional groups attached to an aromatic ring is 1. The average Bonchev–Trinajstić information content (AvgIpc) is 2.38. The van der Waals surface area contributed by atoms with E-state index in [0.717, 1.165) is 11.1 Å². The summed E-state index contributed by atoms with van der Waals surface area (Å²) in [4.78, 5) is 11.4. The van der Waals surface area contributed by atoms with E-state index >= 15 is 0 Å². The van der Waals surface area contributed by atoms with Crippen molar-refractivity contribution in [2.75, 3.05) is 12.8 Å². The molecule has 0 saturated carbocycles. The lowest BCUT2D eigenvalue weighted by Gasteiger charge is -2.07. The number of hydrogen-bond acceptors (Lipinski definition) is 3. The summed E-state index contributed by atoms with van der Waals surface area (Å²) in [5, 5.41) is 0. The van der Waals surface area contributed by atoms with Crippen LogP contribution in [0.1, 0.15) is 21.5 Å². The molecule has 3 nitrogen and oxygen atoms in total. The number of carbonyl (C=O) groups is 1. The Kier molecular flexibility index (Phi) is 3.80. The summed E-state index contributed by atoms with van der Waals surface area (Å²) in [5.41, 5.74) is 8.27. The SMILES string of the molecule is COC(=O)c1ccc(Cc2cccc(F)c2)cc1N. The van der Waals surface area contributed by atoms with E-state index in [1.807, 2.05) is 6.07 Å². The zero-order chi connectivity index (χ0) is 13.8. The quantitative estimate of drug-likeness (QED) is 0.681. The normalized spacial score (nSPS) is 10.2. The molecule has 2 N–H and O–H groups in total. The number of methoxy groups -OCH3 is 1. The zero-order valence-corrected chi connectivity index (χ0v) is 10.5. The summed E-state index contributed by atoms with van der Waals surface area (Å²) in [6.07, 6.45) is 0.559. The molecule has 2 aromatic rings. The lowest BCUT2D eigenvalue weighted by molar-refractivity contribution is 0.0602. The van der Waals surface area contributed by atoms with Crippen molar-refractivity contribution in [3.8, 4) is 0 Å². The van der Waals surface area contributed by atoms with Gasteiger partial charge in [0.15, 0.2) is 0 Å². The second kappa shape index (κ2) is 5.52. The third-order valence-corrected chi connectivity index (χ3v) is 2.82. The van der Waals surface area contributed by atoms with E-state index in [9.17, 15) is 9.18 Å². The smallest absolute Gasteiger partial charge is 0.339 e. The van der Waals surface area contributed by atoms with Crippen molar-refractivity contribution in [1.82, 2.24) is 0 Å². The van der Waals surface area contributed by atoms with Crippen LogP contribution in [0.25, 0.3) is 0 Å². The van der Waals surface area contributed by atoms with E-state index in [2.05, 4.69) is 4.74 Å². The van der Waals surface area contributed by atoms with Crippen LogP contribution in [0.15, 0.2) is 42.5 Å². The van der Waals surface area contributed by atoms with Crippen LogP contribution in [-0.4, -0.2) is 13.1 Å². The molecular formula is C15H14FNO2. The molecule has 0 atom stereocenters. The van der Waals surface area contributed by atoms with Gasteiger partial charge in [-0.3, -0.25) is 0 Å². The Balaban J connectivity index is 2.23. The molecule has 0 heterocycles. The summed E-state index contributed by atoms with van der Waals surface area (Å²) in [5.74, 6) is -0.730. The van der Waals surface area contributed by atoms with Crippen molar-refractivity contribution in [1.29, 1.82) is 0 Å². The second-order valence-corrected chi connectivity index (χ2v) is 4.22. The van der Waals surface area contributed by atoms with Gasteiger partial charge in [-0.05, 0) is 41.8 Å². The molecule has 98 valence electrons. The predicted molar refractivity (Wildman–Crippen MR) is 71.4 cm³/mol. The monoisotopic (exact) mass is 259 g/mol. The number of carbonyl (C=O) groups excluding carboxylic acids is 1. The van der Waals surface area contributed by atoms with Crippen LogP contribution in [-0.2, 0) is 11.2 Å². The van der Waals surface area contributed by atoms with E-state index in [1.54, 1.807) is 24.3 Å².